The standard InChI is InChI=1S/C28H38O5S/c1-18-5-8-22(9-6-18)34(30,31)33-26-12-11-24-23-10-7-20-17-21(32-19(2)29)13-15-27(20,3)25(23)14-16-28(24,26)4/h5-9,21,23-26H,10-17H2,1-4H3/t21-,23+,24-,25-,26-,27-,28-/m0/s1. The zero-order chi connectivity index (χ0) is 24.3. The summed E-state index contributed by atoms with van der Waals surface area (Å²) in [5.41, 5.74) is 2.55. The fourth-order valence-electron chi connectivity index (χ4n) is 7.99. The minimum Gasteiger partial charge on any atom is -0.462 e. The van der Waals surface area contributed by atoms with E-state index in [4.69, 9.17) is 8.92 Å². The fourth-order valence-corrected chi connectivity index (χ4v) is 9.19. The predicted molar refractivity (Wildman–Crippen MR) is 130 cm³/mol. The molecule has 0 heterocycles. The van der Waals surface area contributed by atoms with Crippen LogP contribution in [0.1, 0.15) is 77.7 Å². The first kappa shape index (κ1) is 24.1. The number of esters is 1. The molecule has 1 aromatic carbocycles. The van der Waals surface area contributed by atoms with E-state index in [1.807, 2.05) is 19.1 Å². The molecule has 1 aromatic rings. The molecule has 0 radical (unpaired) electrons. The first-order valence-corrected chi connectivity index (χ1v) is 14.3. The van der Waals surface area contributed by atoms with E-state index in [1.165, 1.54) is 12.5 Å². The molecule has 34 heavy (non-hydrogen) atoms. The first-order chi connectivity index (χ1) is 16.0. The molecule has 0 spiro atoms. The molecule has 3 saturated carbocycles. The van der Waals surface area contributed by atoms with E-state index < -0.39 is 10.1 Å². The Balaban J connectivity index is 1.35. The van der Waals surface area contributed by atoms with Gasteiger partial charge in [0, 0.05) is 13.3 Å². The molecule has 0 unspecified atom stereocenters. The lowest BCUT2D eigenvalue weighted by Gasteiger charge is -2.57. The van der Waals surface area contributed by atoms with Crippen LogP contribution in [-0.2, 0) is 23.8 Å². The number of rotatable bonds is 4. The van der Waals surface area contributed by atoms with Crippen molar-refractivity contribution in [2.75, 3.05) is 0 Å². The Morgan fingerprint density at radius 1 is 1.00 bits per heavy atom. The summed E-state index contributed by atoms with van der Waals surface area (Å²) in [6, 6.07) is 6.94. The second-order valence-corrected chi connectivity index (χ2v) is 13.3. The van der Waals surface area contributed by atoms with Gasteiger partial charge in [-0.2, -0.15) is 8.42 Å². The average Bonchev–Trinajstić information content (AvgIpc) is 3.09. The van der Waals surface area contributed by atoms with Gasteiger partial charge in [0.1, 0.15) is 6.10 Å². The van der Waals surface area contributed by atoms with Gasteiger partial charge in [-0.1, -0.05) is 43.2 Å². The smallest absolute Gasteiger partial charge is 0.302 e. The third kappa shape index (κ3) is 3.95. The third-order valence-corrected chi connectivity index (χ3v) is 11.2. The van der Waals surface area contributed by atoms with Crippen molar-refractivity contribution in [3.63, 3.8) is 0 Å². The summed E-state index contributed by atoms with van der Waals surface area (Å²) in [7, 11) is -3.78. The fraction of sp³-hybridized carbons (Fsp3) is 0.679. The van der Waals surface area contributed by atoms with Crippen molar-refractivity contribution in [2.45, 2.75) is 96.2 Å². The lowest BCUT2D eigenvalue weighted by molar-refractivity contribution is -0.148. The Bertz CT molecular complexity index is 1090. The minimum atomic E-state index is -3.78. The summed E-state index contributed by atoms with van der Waals surface area (Å²) in [5.74, 6) is 1.46. The van der Waals surface area contributed by atoms with Crippen LogP contribution in [0.3, 0.4) is 0 Å². The van der Waals surface area contributed by atoms with Gasteiger partial charge < -0.3 is 4.74 Å². The number of carbonyl (C=O) groups excluding carboxylic acids is 1. The Labute approximate surface area is 204 Å². The Hall–Kier alpha value is -1.66. The van der Waals surface area contributed by atoms with Crippen LogP contribution in [0.2, 0.25) is 0 Å². The normalized spacial score (nSPS) is 39.4. The van der Waals surface area contributed by atoms with Gasteiger partial charge in [0.15, 0.2) is 0 Å². The number of benzene rings is 1. The first-order valence-electron chi connectivity index (χ1n) is 12.9. The van der Waals surface area contributed by atoms with Crippen LogP contribution in [-0.4, -0.2) is 26.6 Å². The van der Waals surface area contributed by atoms with Crippen molar-refractivity contribution in [3.05, 3.63) is 41.5 Å². The van der Waals surface area contributed by atoms with Crippen LogP contribution in [0.25, 0.3) is 0 Å². The molecule has 0 saturated heterocycles. The van der Waals surface area contributed by atoms with Gasteiger partial charge in [0.2, 0.25) is 0 Å². The maximum atomic E-state index is 13.1. The summed E-state index contributed by atoms with van der Waals surface area (Å²) in [6.07, 6.45) is 10.0. The van der Waals surface area contributed by atoms with Crippen molar-refractivity contribution in [1.82, 2.24) is 0 Å². The number of hydrogen-bond acceptors (Lipinski definition) is 5. The van der Waals surface area contributed by atoms with Crippen molar-refractivity contribution in [1.29, 1.82) is 0 Å². The summed E-state index contributed by atoms with van der Waals surface area (Å²) >= 11 is 0. The number of allylic oxidation sites excluding steroid dienone is 1. The summed E-state index contributed by atoms with van der Waals surface area (Å²) in [6.45, 7) is 8.15. The van der Waals surface area contributed by atoms with Crippen molar-refractivity contribution in [2.24, 2.45) is 28.6 Å². The van der Waals surface area contributed by atoms with Crippen molar-refractivity contribution >= 4 is 16.1 Å². The zero-order valence-corrected chi connectivity index (χ0v) is 21.7. The third-order valence-electron chi connectivity index (χ3n) is 9.86. The van der Waals surface area contributed by atoms with E-state index in [9.17, 15) is 13.2 Å². The quantitative estimate of drug-likeness (QED) is 0.298. The maximum Gasteiger partial charge on any atom is 0.302 e. The second-order valence-electron chi connectivity index (χ2n) is 11.7. The van der Waals surface area contributed by atoms with E-state index in [-0.39, 0.29) is 33.9 Å². The number of hydrogen-bond donors (Lipinski definition) is 0. The van der Waals surface area contributed by atoms with Gasteiger partial charge in [-0.25, -0.2) is 0 Å². The van der Waals surface area contributed by atoms with Crippen LogP contribution in [0.4, 0.5) is 0 Å². The monoisotopic (exact) mass is 486 g/mol. The second kappa shape index (κ2) is 8.48. The molecular weight excluding hydrogens is 448 g/mol. The highest BCUT2D eigenvalue weighted by Gasteiger charge is 2.59. The summed E-state index contributed by atoms with van der Waals surface area (Å²) < 4.78 is 37.7. The van der Waals surface area contributed by atoms with Crippen molar-refractivity contribution < 1.29 is 22.1 Å². The molecule has 4 aliphatic rings. The van der Waals surface area contributed by atoms with Crippen molar-refractivity contribution in [3.8, 4) is 0 Å². The van der Waals surface area contributed by atoms with Gasteiger partial charge in [-0.05, 0) is 92.6 Å². The van der Waals surface area contributed by atoms with Gasteiger partial charge in [0.05, 0.1) is 11.0 Å². The van der Waals surface area contributed by atoms with E-state index in [0.29, 0.717) is 17.8 Å². The van der Waals surface area contributed by atoms with E-state index in [0.717, 1.165) is 56.9 Å². The highest BCUT2D eigenvalue weighted by Crippen LogP contribution is 2.65. The molecule has 186 valence electrons. The molecule has 7 atom stereocenters. The van der Waals surface area contributed by atoms with Gasteiger partial charge in [-0.3, -0.25) is 8.98 Å². The largest absolute Gasteiger partial charge is 0.462 e. The highest BCUT2D eigenvalue weighted by atomic mass is 32.2. The molecular formula is C28H38O5S. The van der Waals surface area contributed by atoms with E-state index >= 15 is 0 Å². The lowest BCUT2D eigenvalue weighted by atomic mass is 9.48. The summed E-state index contributed by atoms with van der Waals surface area (Å²) in [5, 5.41) is 0. The van der Waals surface area contributed by atoms with Crippen LogP contribution in [0.15, 0.2) is 40.8 Å². The number of aryl methyl sites for hydroxylation is 1. The molecule has 0 bridgehead atoms. The number of fused-ring (bicyclic) bond motifs is 5. The molecule has 0 N–H and O–H groups in total. The lowest BCUT2D eigenvalue weighted by Crippen LogP contribution is -2.51. The SMILES string of the molecule is CC(=O)O[C@H]1CC[C@@]2(C)C(=CC[C@@H]3[C@@H]4CC[C@H](OS(=O)(=O)c5ccc(C)cc5)[C@@]4(C)CC[C@@H]32)C1. The number of carbonyl (C=O) groups is 1. The van der Waals surface area contributed by atoms with Crippen LogP contribution >= 0.6 is 0 Å². The zero-order valence-electron chi connectivity index (χ0n) is 20.9. The average molecular weight is 487 g/mol. The van der Waals surface area contributed by atoms with Crippen LogP contribution in [0.5, 0.6) is 0 Å². The minimum absolute atomic E-state index is 0.0125. The molecule has 0 aliphatic heterocycles. The van der Waals surface area contributed by atoms with Crippen LogP contribution in [0, 0.1) is 35.5 Å². The molecule has 4 aliphatic carbocycles. The molecule has 5 nitrogen and oxygen atoms in total. The molecule has 6 heteroatoms. The Morgan fingerprint density at radius 3 is 2.44 bits per heavy atom. The predicted octanol–water partition coefficient (Wildman–Crippen LogP) is 5.96. The maximum absolute atomic E-state index is 13.1. The number of ether oxygens (including phenoxy) is 1. The highest BCUT2D eigenvalue weighted by molar-refractivity contribution is 7.86. The Kier molecular flexibility index (Phi) is 6.00. The molecule has 0 amide bonds. The molecule has 3 fully saturated rings. The molecule has 0 aromatic heterocycles. The Morgan fingerprint density at radius 2 is 1.74 bits per heavy atom. The molecule has 5 rings (SSSR count). The topological polar surface area (TPSA) is 69.7 Å². The van der Waals surface area contributed by atoms with Gasteiger partial charge >= 0.3 is 5.97 Å². The van der Waals surface area contributed by atoms with E-state index in [1.54, 1.807) is 12.1 Å². The van der Waals surface area contributed by atoms with Gasteiger partial charge in [0.25, 0.3) is 10.1 Å². The van der Waals surface area contributed by atoms with E-state index in [2.05, 4.69) is 19.9 Å². The van der Waals surface area contributed by atoms with Gasteiger partial charge in [-0.15, -0.1) is 0 Å². The van der Waals surface area contributed by atoms with Crippen LogP contribution < -0.4 is 0 Å². The summed E-state index contributed by atoms with van der Waals surface area (Å²) in [4.78, 5) is 11.7.